The van der Waals surface area contributed by atoms with Crippen LogP contribution in [0.15, 0.2) is 18.2 Å². The highest BCUT2D eigenvalue weighted by atomic mass is 35.5. The van der Waals surface area contributed by atoms with Crippen LogP contribution in [-0.4, -0.2) is 36.0 Å². The van der Waals surface area contributed by atoms with Crippen molar-refractivity contribution >= 4 is 41.5 Å². The second kappa shape index (κ2) is 8.82. The van der Waals surface area contributed by atoms with Crippen molar-refractivity contribution in [1.82, 2.24) is 4.90 Å². The summed E-state index contributed by atoms with van der Waals surface area (Å²) in [5, 5.41) is 0.935. The summed E-state index contributed by atoms with van der Waals surface area (Å²) < 4.78 is 5.51. The number of piperidine rings is 1. The molecule has 22 heavy (non-hydrogen) atoms. The van der Waals surface area contributed by atoms with Crippen molar-refractivity contribution in [1.29, 1.82) is 0 Å². The van der Waals surface area contributed by atoms with E-state index in [-0.39, 0.29) is 37.0 Å². The Kier molecular flexibility index (Phi) is 7.77. The lowest BCUT2D eigenvalue weighted by molar-refractivity contribution is -0.137. The van der Waals surface area contributed by atoms with Gasteiger partial charge in [-0.25, -0.2) is 0 Å². The number of hydrogen-bond donors (Lipinski definition) is 1. The van der Waals surface area contributed by atoms with Crippen LogP contribution < -0.4 is 10.5 Å². The van der Waals surface area contributed by atoms with Crippen molar-refractivity contribution in [2.24, 2.45) is 5.73 Å². The fourth-order valence-corrected chi connectivity index (χ4v) is 3.09. The first kappa shape index (κ1) is 19.4. The van der Waals surface area contributed by atoms with E-state index in [0.717, 1.165) is 25.8 Å². The summed E-state index contributed by atoms with van der Waals surface area (Å²) in [5.41, 5.74) is 5.97. The number of nitrogens with two attached hydrogens (primary N) is 1. The highest BCUT2D eigenvalue weighted by Crippen LogP contribution is 2.27. The van der Waals surface area contributed by atoms with Crippen LogP contribution in [0.1, 0.15) is 26.2 Å². The van der Waals surface area contributed by atoms with E-state index in [1.807, 2.05) is 11.8 Å². The summed E-state index contributed by atoms with van der Waals surface area (Å²) in [6, 6.07) is 4.99. The van der Waals surface area contributed by atoms with Crippen molar-refractivity contribution < 1.29 is 9.53 Å². The van der Waals surface area contributed by atoms with Gasteiger partial charge in [0.25, 0.3) is 5.91 Å². The molecule has 0 spiro atoms. The van der Waals surface area contributed by atoms with Gasteiger partial charge in [0, 0.05) is 23.7 Å². The molecule has 4 nitrogen and oxygen atoms in total. The molecule has 124 valence electrons. The maximum atomic E-state index is 12.3. The number of ether oxygens (including phenoxy) is 1. The van der Waals surface area contributed by atoms with Crippen LogP contribution in [0.5, 0.6) is 5.75 Å². The number of rotatable bonds is 4. The third-order valence-corrected chi connectivity index (χ3v) is 4.25. The maximum Gasteiger partial charge on any atom is 0.260 e. The smallest absolute Gasteiger partial charge is 0.260 e. The third kappa shape index (κ3) is 4.92. The number of hydrogen-bond acceptors (Lipinski definition) is 3. The number of likely N-dealkylation sites (tertiary alicyclic amines) is 1. The first-order valence-electron chi connectivity index (χ1n) is 7.12. The van der Waals surface area contributed by atoms with E-state index in [0.29, 0.717) is 15.8 Å². The molecule has 0 radical (unpaired) electrons. The Morgan fingerprint density at radius 1 is 1.45 bits per heavy atom. The summed E-state index contributed by atoms with van der Waals surface area (Å²) in [7, 11) is 0. The Bertz CT molecular complexity index is 512. The summed E-state index contributed by atoms with van der Waals surface area (Å²) >= 11 is 11.8. The molecule has 1 amide bonds. The molecule has 1 aliphatic heterocycles. The molecule has 0 aliphatic carbocycles. The number of amides is 1. The monoisotopic (exact) mass is 366 g/mol. The van der Waals surface area contributed by atoms with Gasteiger partial charge < -0.3 is 15.4 Å². The number of benzene rings is 1. The second-order valence-corrected chi connectivity index (χ2v) is 6.22. The lowest BCUT2D eigenvalue weighted by Crippen LogP contribution is -2.52. The molecule has 7 heteroatoms. The topological polar surface area (TPSA) is 55.6 Å². The fourth-order valence-electron chi connectivity index (χ4n) is 2.63. The Morgan fingerprint density at radius 2 is 2.18 bits per heavy atom. The Balaban J connectivity index is 0.00000242. The molecule has 2 atom stereocenters. The molecule has 1 aromatic carbocycles. The molecule has 0 aromatic heterocycles. The van der Waals surface area contributed by atoms with Crippen molar-refractivity contribution in [3.05, 3.63) is 28.2 Å². The van der Waals surface area contributed by atoms with Crippen LogP contribution in [-0.2, 0) is 4.79 Å². The van der Waals surface area contributed by atoms with Gasteiger partial charge in [0.15, 0.2) is 6.61 Å². The Hall–Kier alpha value is -0.680. The molecule has 0 saturated carbocycles. The predicted octanol–water partition coefficient (Wildman–Crippen LogP) is 3.52. The molecule has 1 aliphatic rings. The Labute approximate surface area is 147 Å². The van der Waals surface area contributed by atoms with Crippen LogP contribution in [0.2, 0.25) is 10.0 Å². The van der Waals surface area contributed by atoms with Crippen molar-refractivity contribution in [3.63, 3.8) is 0 Å². The molecule has 1 heterocycles. The molecular weight excluding hydrogens is 347 g/mol. The molecule has 2 rings (SSSR count). The zero-order valence-corrected chi connectivity index (χ0v) is 14.8. The highest BCUT2D eigenvalue weighted by Gasteiger charge is 2.29. The first-order chi connectivity index (χ1) is 9.99. The summed E-state index contributed by atoms with van der Waals surface area (Å²) in [4.78, 5) is 14.2. The highest BCUT2D eigenvalue weighted by molar-refractivity contribution is 6.35. The first-order valence-corrected chi connectivity index (χ1v) is 7.87. The molecule has 1 fully saturated rings. The van der Waals surface area contributed by atoms with Gasteiger partial charge in [0.1, 0.15) is 5.75 Å². The van der Waals surface area contributed by atoms with Gasteiger partial charge in [-0.15, -0.1) is 12.4 Å². The van der Waals surface area contributed by atoms with Gasteiger partial charge in [0.05, 0.1) is 5.02 Å². The molecule has 2 N–H and O–H groups in total. The molecule has 1 aromatic rings. The summed E-state index contributed by atoms with van der Waals surface area (Å²) in [5.74, 6) is 0.409. The van der Waals surface area contributed by atoms with Gasteiger partial charge in [-0.3, -0.25) is 4.79 Å². The van der Waals surface area contributed by atoms with Crippen LogP contribution in [0, 0.1) is 0 Å². The molecule has 1 saturated heterocycles. The lowest BCUT2D eigenvalue weighted by atomic mass is 9.97. The quantitative estimate of drug-likeness (QED) is 0.886. The average molecular weight is 368 g/mol. The second-order valence-electron chi connectivity index (χ2n) is 5.37. The summed E-state index contributed by atoms with van der Waals surface area (Å²) in [6.07, 6.45) is 3.07. The normalized spacial score (nSPS) is 19.3. The minimum absolute atomic E-state index is 0. The van der Waals surface area contributed by atoms with Gasteiger partial charge in [-0.2, -0.15) is 0 Å². The Morgan fingerprint density at radius 3 is 2.82 bits per heavy atom. The van der Waals surface area contributed by atoms with Gasteiger partial charge >= 0.3 is 0 Å². The zero-order chi connectivity index (χ0) is 15.4. The number of nitrogens with zero attached hydrogens (tertiary/aromatic N) is 1. The maximum absolute atomic E-state index is 12.3. The van der Waals surface area contributed by atoms with Gasteiger partial charge in [-0.1, -0.05) is 23.2 Å². The standard InChI is InChI=1S/C15H20Cl2N2O2.ClH/c1-10(18)13-4-2-3-7-19(13)15(20)9-21-14-6-5-11(16)8-12(14)17;/h5-6,8,10,13H,2-4,7,9,18H2,1H3;1H. The van der Waals surface area contributed by atoms with Crippen LogP contribution >= 0.6 is 35.6 Å². The van der Waals surface area contributed by atoms with E-state index < -0.39 is 0 Å². The summed E-state index contributed by atoms with van der Waals surface area (Å²) in [6.45, 7) is 2.64. The average Bonchev–Trinajstić information content (AvgIpc) is 2.46. The predicted molar refractivity (Wildman–Crippen MR) is 92.2 cm³/mol. The largest absolute Gasteiger partial charge is 0.482 e. The van der Waals surface area contributed by atoms with E-state index in [1.54, 1.807) is 18.2 Å². The number of carbonyl (C=O) groups excluding carboxylic acids is 1. The van der Waals surface area contributed by atoms with E-state index in [1.165, 1.54) is 0 Å². The third-order valence-electron chi connectivity index (χ3n) is 3.72. The van der Waals surface area contributed by atoms with E-state index in [4.69, 9.17) is 33.7 Å². The zero-order valence-electron chi connectivity index (χ0n) is 12.4. The minimum atomic E-state index is -0.0528. The van der Waals surface area contributed by atoms with Crippen molar-refractivity contribution in [2.75, 3.05) is 13.2 Å². The molecule has 2 unspecified atom stereocenters. The van der Waals surface area contributed by atoms with E-state index in [2.05, 4.69) is 0 Å². The van der Waals surface area contributed by atoms with Crippen LogP contribution in [0.25, 0.3) is 0 Å². The fraction of sp³-hybridized carbons (Fsp3) is 0.533. The minimum Gasteiger partial charge on any atom is -0.482 e. The number of carbonyl (C=O) groups is 1. The number of halogens is 3. The SMILES string of the molecule is CC(N)C1CCCCN1C(=O)COc1ccc(Cl)cc1Cl.Cl. The van der Waals surface area contributed by atoms with Crippen molar-refractivity contribution in [2.45, 2.75) is 38.3 Å². The van der Waals surface area contributed by atoms with Crippen LogP contribution in [0.3, 0.4) is 0 Å². The van der Waals surface area contributed by atoms with Gasteiger partial charge in [0.2, 0.25) is 0 Å². The van der Waals surface area contributed by atoms with E-state index in [9.17, 15) is 4.79 Å². The van der Waals surface area contributed by atoms with Crippen LogP contribution in [0.4, 0.5) is 0 Å². The molecule has 0 bridgehead atoms. The van der Waals surface area contributed by atoms with Crippen molar-refractivity contribution in [3.8, 4) is 5.75 Å². The lowest BCUT2D eigenvalue weighted by Gasteiger charge is -2.38. The van der Waals surface area contributed by atoms with E-state index >= 15 is 0 Å². The van der Waals surface area contributed by atoms with Gasteiger partial charge in [-0.05, 0) is 44.4 Å². The molecular formula is C15H21Cl3N2O2.